The van der Waals surface area contributed by atoms with Crippen LogP contribution in [-0.4, -0.2) is 29.3 Å². The number of nitrogens with zero attached hydrogens (tertiary/aromatic N) is 1. The van der Waals surface area contributed by atoms with Crippen LogP contribution in [0.3, 0.4) is 0 Å². The van der Waals surface area contributed by atoms with Crippen LogP contribution >= 0.6 is 0 Å². The van der Waals surface area contributed by atoms with Crippen molar-refractivity contribution in [2.75, 3.05) is 6.54 Å². The number of hydrogen-bond acceptors (Lipinski definition) is 3. The third-order valence-electron chi connectivity index (χ3n) is 4.47. The number of carbonyl (C=O) groups is 2. The molecule has 0 radical (unpaired) electrons. The molecule has 2 amide bonds. The molecular formula is C17H22N2O3. The van der Waals surface area contributed by atoms with E-state index in [0.717, 1.165) is 37.9 Å². The van der Waals surface area contributed by atoms with E-state index in [1.54, 1.807) is 17.2 Å². The molecular weight excluding hydrogens is 280 g/mol. The monoisotopic (exact) mass is 302 g/mol. The first kappa shape index (κ1) is 14.9. The van der Waals surface area contributed by atoms with E-state index in [2.05, 4.69) is 17.5 Å². The van der Waals surface area contributed by atoms with Crippen molar-refractivity contribution in [1.82, 2.24) is 10.2 Å². The van der Waals surface area contributed by atoms with Gasteiger partial charge >= 0.3 is 0 Å². The lowest BCUT2D eigenvalue weighted by molar-refractivity contribution is -0.141. The first-order chi connectivity index (χ1) is 10.8. The number of hydrogen-bond donors (Lipinski definition) is 1. The molecule has 118 valence electrons. The van der Waals surface area contributed by atoms with Crippen molar-refractivity contribution in [2.24, 2.45) is 5.92 Å². The van der Waals surface area contributed by atoms with Gasteiger partial charge in [0.15, 0.2) is 0 Å². The molecule has 1 saturated heterocycles. The van der Waals surface area contributed by atoms with Gasteiger partial charge in [-0.15, -0.1) is 0 Å². The number of rotatable bonds is 4. The fourth-order valence-electron chi connectivity index (χ4n) is 3.26. The van der Waals surface area contributed by atoms with Gasteiger partial charge in [0.2, 0.25) is 11.8 Å². The van der Waals surface area contributed by atoms with Crippen molar-refractivity contribution >= 4 is 11.8 Å². The molecule has 1 fully saturated rings. The Morgan fingerprint density at radius 3 is 2.95 bits per heavy atom. The topological polar surface area (TPSA) is 62.6 Å². The Labute approximate surface area is 130 Å². The lowest BCUT2D eigenvalue weighted by Crippen LogP contribution is -2.47. The zero-order chi connectivity index (χ0) is 15.4. The summed E-state index contributed by atoms with van der Waals surface area (Å²) in [6.45, 7) is 1.06. The van der Waals surface area contributed by atoms with Gasteiger partial charge in [-0.3, -0.25) is 9.59 Å². The quantitative estimate of drug-likeness (QED) is 0.868. The Hall–Kier alpha value is -2.04. The summed E-state index contributed by atoms with van der Waals surface area (Å²) in [5, 5.41) is 2.87. The van der Waals surface area contributed by atoms with Gasteiger partial charge in [0.25, 0.3) is 0 Å². The molecule has 1 N–H and O–H groups in total. The second-order valence-corrected chi connectivity index (χ2v) is 5.97. The Morgan fingerprint density at radius 2 is 2.23 bits per heavy atom. The zero-order valence-electron chi connectivity index (χ0n) is 12.7. The maximum Gasteiger partial charge on any atom is 0.243 e. The van der Waals surface area contributed by atoms with Crippen LogP contribution in [0.25, 0.3) is 0 Å². The predicted octanol–water partition coefficient (Wildman–Crippen LogP) is 2.24. The van der Waals surface area contributed by atoms with E-state index < -0.39 is 0 Å². The van der Waals surface area contributed by atoms with E-state index in [0.29, 0.717) is 13.1 Å². The highest BCUT2D eigenvalue weighted by molar-refractivity contribution is 5.89. The highest BCUT2D eigenvalue weighted by atomic mass is 16.3. The summed E-state index contributed by atoms with van der Waals surface area (Å²) in [6.07, 6.45) is 10.1. The van der Waals surface area contributed by atoms with Crippen LogP contribution < -0.4 is 5.32 Å². The molecule has 2 aliphatic rings. The van der Waals surface area contributed by atoms with Crippen molar-refractivity contribution in [3.63, 3.8) is 0 Å². The number of nitrogens with one attached hydrogen (secondary N) is 1. The first-order valence-corrected chi connectivity index (χ1v) is 8.01. The highest BCUT2D eigenvalue weighted by Crippen LogP contribution is 2.26. The molecule has 1 aliphatic carbocycles. The zero-order valence-corrected chi connectivity index (χ0v) is 12.7. The minimum absolute atomic E-state index is 0.0449. The molecule has 2 atom stereocenters. The van der Waals surface area contributed by atoms with Crippen LogP contribution in [0, 0.1) is 5.92 Å². The van der Waals surface area contributed by atoms with Gasteiger partial charge in [-0.1, -0.05) is 12.2 Å². The van der Waals surface area contributed by atoms with E-state index in [-0.39, 0.29) is 23.8 Å². The number of allylic oxidation sites excluding steroid dienone is 2. The standard InChI is InChI=1S/C17H22N2O3/c20-16(18-12-14-8-5-11-22-14)15-9-4-10-19(15)17(21)13-6-2-1-3-7-13/h1-2,5,8,11,13,15H,3-4,6-7,9-10,12H2,(H,18,20)/t13-,15-/m0/s1. The second-order valence-electron chi connectivity index (χ2n) is 5.97. The minimum atomic E-state index is -0.326. The molecule has 22 heavy (non-hydrogen) atoms. The van der Waals surface area contributed by atoms with Crippen molar-refractivity contribution in [1.29, 1.82) is 0 Å². The minimum Gasteiger partial charge on any atom is -0.467 e. The Balaban J connectivity index is 1.58. The summed E-state index contributed by atoms with van der Waals surface area (Å²) in [6, 6.07) is 3.30. The van der Waals surface area contributed by atoms with Gasteiger partial charge in [0, 0.05) is 12.5 Å². The number of carbonyl (C=O) groups excluding carboxylic acids is 2. The molecule has 5 nitrogen and oxygen atoms in total. The average molecular weight is 302 g/mol. The van der Waals surface area contributed by atoms with Gasteiger partial charge in [-0.05, 0) is 44.2 Å². The van der Waals surface area contributed by atoms with Gasteiger partial charge in [-0.25, -0.2) is 0 Å². The fraction of sp³-hybridized carbons (Fsp3) is 0.529. The maximum atomic E-state index is 12.6. The predicted molar refractivity (Wildman–Crippen MR) is 81.8 cm³/mol. The van der Waals surface area contributed by atoms with Crippen LogP contribution in [0.1, 0.15) is 37.9 Å². The van der Waals surface area contributed by atoms with Crippen LogP contribution in [0.5, 0.6) is 0 Å². The SMILES string of the molecule is O=C(NCc1ccco1)[C@@H]1CCCN1C(=O)[C@H]1CC=CCC1. The molecule has 1 aromatic rings. The van der Waals surface area contributed by atoms with Gasteiger partial charge in [0.1, 0.15) is 11.8 Å². The van der Waals surface area contributed by atoms with Gasteiger partial charge in [0.05, 0.1) is 12.8 Å². The number of furan rings is 1. The van der Waals surface area contributed by atoms with Crippen molar-refractivity contribution in [3.05, 3.63) is 36.3 Å². The molecule has 5 heteroatoms. The highest BCUT2D eigenvalue weighted by Gasteiger charge is 2.36. The molecule has 0 unspecified atom stereocenters. The van der Waals surface area contributed by atoms with E-state index in [4.69, 9.17) is 4.42 Å². The molecule has 0 saturated carbocycles. The van der Waals surface area contributed by atoms with E-state index >= 15 is 0 Å². The van der Waals surface area contributed by atoms with Crippen molar-refractivity contribution in [3.8, 4) is 0 Å². The Kier molecular flexibility index (Phi) is 4.61. The van der Waals surface area contributed by atoms with Gasteiger partial charge in [-0.2, -0.15) is 0 Å². The van der Waals surface area contributed by atoms with Gasteiger partial charge < -0.3 is 14.6 Å². The molecule has 1 aromatic heterocycles. The van der Waals surface area contributed by atoms with E-state index in [9.17, 15) is 9.59 Å². The van der Waals surface area contributed by atoms with Crippen LogP contribution in [0.2, 0.25) is 0 Å². The third kappa shape index (κ3) is 3.24. The van der Waals surface area contributed by atoms with Crippen LogP contribution in [0.4, 0.5) is 0 Å². The summed E-state index contributed by atoms with van der Waals surface area (Å²) in [5.74, 6) is 0.832. The maximum absolute atomic E-state index is 12.6. The van der Waals surface area contributed by atoms with Crippen molar-refractivity contribution in [2.45, 2.75) is 44.7 Å². The van der Waals surface area contributed by atoms with Crippen LogP contribution in [0.15, 0.2) is 35.0 Å². The summed E-state index contributed by atoms with van der Waals surface area (Å²) < 4.78 is 5.21. The second kappa shape index (κ2) is 6.81. The fourth-order valence-corrected chi connectivity index (χ4v) is 3.26. The summed E-state index contributed by atoms with van der Waals surface area (Å²) in [4.78, 5) is 26.8. The smallest absolute Gasteiger partial charge is 0.243 e. The van der Waals surface area contributed by atoms with E-state index in [1.165, 1.54) is 0 Å². The average Bonchev–Trinajstić information content (AvgIpc) is 3.24. The molecule has 1 aliphatic heterocycles. The normalized spacial score (nSPS) is 24.5. The molecule has 0 spiro atoms. The van der Waals surface area contributed by atoms with Crippen molar-refractivity contribution < 1.29 is 14.0 Å². The van der Waals surface area contributed by atoms with E-state index in [1.807, 2.05) is 6.07 Å². The lowest BCUT2D eigenvalue weighted by atomic mass is 9.93. The first-order valence-electron chi connectivity index (χ1n) is 8.01. The largest absolute Gasteiger partial charge is 0.467 e. The lowest BCUT2D eigenvalue weighted by Gasteiger charge is -2.28. The summed E-state index contributed by atoms with van der Waals surface area (Å²) in [7, 11) is 0. The number of amides is 2. The van der Waals surface area contributed by atoms with Crippen LogP contribution in [-0.2, 0) is 16.1 Å². The number of likely N-dealkylation sites (tertiary alicyclic amines) is 1. The Bertz CT molecular complexity index is 550. The Morgan fingerprint density at radius 1 is 1.32 bits per heavy atom. The molecule has 0 bridgehead atoms. The molecule has 2 heterocycles. The molecule has 3 rings (SSSR count). The third-order valence-corrected chi connectivity index (χ3v) is 4.47. The summed E-state index contributed by atoms with van der Waals surface area (Å²) >= 11 is 0. The summed E-state index contributed by atoms with van der Waals surface area (Å²) in [5.41, 5.74) is 0. The molecule has 0 aromatic carbocycles.